The number of rotatable bonds is 2. The van der Waals surface area contributed by atoms with Gasteiger partial charge in [0, 0.05) is 36.1 Å². The highest BCUT2D eigenvalue weighted by Crippen LogP contribution is 2.36. The van der Waals surface area contributed by atoms with E-state index in [2.05, 4.69) is 70.1 Å². The fourth-order valence-corrected chi connectivity index (χ4v) is 5.41. The molecule has 1 aromatic carbocycles. The molecule has 5 nitrogen and oxygen atoms in total. The summed E-state index contributed by atoms with van der Waals surface area (Å²) in [5.74, 6) is 1.81. The molecule has 4 rings (SSSR count). The Bertz CT molecular complexity index is 1150. The van der Waals surface area contributed by atoms with Crippen LogP contribution in [-0.4, -0.2) is 33.7 Å². The lowest BCUT2D eigenvalue weighted by Gasteiger charge is -2.22. The molecule has 0 saturated carbocycles. The molecule has 1 unspecified atom stereocenters. The van der Waals surface area contributed by atoms with Crippen molar-refractivity contribution >= 4 is 32.8 Å². The van der Waals surface area contributed by atoms with Crippen LogP contribution in [0.4, 0.5) is 5.82 Å². The minimum Gasteiger partial charge on any atom is -0.356 e. The lowest BCUT2D eigenvalue weighted by molar-refractivity contribution is 0.675. The molecule has 1 atom stereocenters. The van der Waals surface area contributed by atoms with Gasteiger partial charge >= 0.3 is 0 Å². The molecule has 3 aromatic rings. The first kappa shape index (κ1) is 20.9. The Morgan fingerprint density at radius 3 is 2.40 bits per heavy atom. The SMILES string of the molecule is [C-]#[N+]C1CCCN(c2nc(C)nc3c2c(C)c(C)n3-c2c(C)cc(Br)cc2C)CC1. The molecule has 0 bridgehead atoms. The van der Waals surface area contributed by atoms with E-state index in [9.17, 15) is 0 Å². The van der Waals surface area contributed by atoms with Crippen molar-refractivity contribution in [1.29, 1.82) is 0 Å². The van der Waals surface area contributed by atoms with Gasteiger partial charge in [-0.15, -0.1) is 0 Å². The standard InChI is InChI=1S/C24H28BrN5/c1-14-12-19(25)13-15(2)22(14)30-17(4)16(3)21-23(27-18(5)28-24(21)30)29-10-7-8-20(26-6)9-11-29/h12-13,20H,7-11H2,1-5H3. The molecule has 0 amide bonds. The Balaban J connectivity index is 1.95. The number of hydrogen-bond donors (Lipinski definition) is 0. The maximum absolute atomic E-state index is 7.42. The number of nitrogens with zero attached hydrogens (tertiary/aromatic N) is 5. The summed E-state index contributed by atoms with van der Waals surface area (Å²) in [5, 5.41) is 1.14. The Kier molecular flexibility index (Phi) is 5.59. The van der Waals surface area contributed by atoms with Crippen molar-refractivity contribution in [3.05, 3.63) is 56.2 Å². The second-order valence-electron chi connectivity index (χ2n) is 8.43. The molecule has 1 aliphatic heterocycles. The predicted octanol–water partition coefficient (Wildman–Crippen LogP) is 6.00. The van der Waals surface area contributed by atoms with Crippen LogP contribution in [0.15, 0.2) is 16.6 Å². The van der Waals surface area contributed by atoms with Crippen LogP contribution in [0.3, 0.4) is 0 Å². The van der Waals surface area contributed by atoms with Crippen LogP contribution >= 0.6 is 15.9 Å². The molecular weight excluding hydrogens is 438 g/mol. The van der Waals surface area contributed by atoms with Gasteiger partial charge in [0.1, 0.15) is 11.6 Å². The largest absolute Gasteiger partial charge is 0.356 e. The van der Waals surface area contributed by atoms with Gasteiger partial charge in [0.2, 0.25) is 6.04 Å². The summed E-state index contributed by atoms with van der Waals surface area (Å²) >= 11 is 3.62. The van der Waals surface area contributed by atoms with Crippen molar-refractivity contribution in [2.45, 2.75) is 59.9 Å². The molecule has 1 fully saturated rings. The molecule has 1 saturated heterocycles. The quantitative estimate of drug-likeness (QED) is 0.435. The molecule has 2 aromatic heterocycles. The molecule has 1 aliphatic rings. The van der Waals surface area contributed by atoms with Gasteiger partial charge in [-0.2, -0.15) is 0 Å². The van der Waals surface area contributed by atoms with Crippen molar-refractivity contribution in [3.63, 3.8) is 0 Å². The van der Waals surface area contributed by atoms with E-state index in [0.29, 0.717) is 0 Å². The van der Waals surface area contributed by atoms with Crippen molar-refractivity contribution < 1.29 is 0 Å². The van der Waals surface area contributed by atoms with Crippen LogP contribution in [0.25, 0.3) is 21.6 Å². The zero-order chi connectivity index (χ0) is 21.6. The zero-order valence-corrected chi connectivity index (χ0v) is 20.0. The van der Waals surface area contributed by atoms with Gasteiger partial charge in [0.05, 0.1) is 11.1 Å². The minimum absolute atomic E-state index is 0.133. The first-order chi connectivity index (χ1) is 14.3. The number of aromatic nitrogens is 3. The van der Waals surface area contributed by atoms with E-state index in [1.165, 1.54) is 28.1 Å². The van der Waals surface area contributed by atoms with Crippen LogP contribution < -0.4 is 4.90 Å². The Hall–Kier alpha value is -2.39. The lowest BCUT2D eigenvalue weighted by Crippen LogP contribution is -2.26. The predicted molar refractivity (Wildman–Crippen MR) is 127 cm³/mol. The smallest absolute Gasteiger partial charge is 0.225 e. The van der Waals surface area contributed by atoms with E-state index in [-0.39, 0.29) is 6.04 Å². The Labute approximate surface area is 187 Å². The summed E-state index contributed by atoms with van der Waals surface area (Å²) in [6, 6.07) is 4.46. The monoisotopic (exact) mass is 465 g/mol. The van der Waals surface area contributed by atoms with Crippen LogP contribution in [0.2, 0.25) is 0 Å². The highest BCUT2D eigenvalue weighted by Gasteiger charge is 2.26. The number of hydrogen-bond acceptors (Lipinski definition) is 3. The van der Waals surface area contributed by atoms with Crippen molar-refractivity contribution in [1.82, 2.24) is 14.5 Å². The molecule has 0 aliphatic carbocycles. The fourth-order valence-electron chi connectivity index (χ4n) is 4.73. The Morgan fingerprint density at radius 1 is 1.03 bits per heavy atom. The average Bonchev–Trinajstić information content (AvgIpc) is 2.86. The van der Waals surface area contributed by atoms with E-state index in [0.717, 1.165) is 59.5 Å². The highest BCUT2D eigenvalue weighted by molar-refractivity contribution is 9.10. The molecule has 6 heteroatoms. The van der Waals surface area contributed by atoms with Crippen molar-refractivity contribution in [2.75, 3.05) is 18.0 Å². The van der Waals surface area contributed by atoms with E-state index < -0.39 is 0 Å². The van der Waals surface area contributed by atoms with Gasteiger partial charge in [-0.1, -0.05) is 15.9 Å². The summed E-state index contributed by atoms with van der Waals surface area (Å²) in [6.45, 7) is 19.9. The maximum Gasteiger partial charge on any atom is 0.225 e. The third-order valence-corrected chi connectivity index (χ3v) is 6.76. The number of anilines is 1. The van der Waals surface area contributed by atoms with Crippen LogP contribution in [-0.2, 0) is 0 Å². The second kappa shape index (κ2) is 8.03. The zero-order valence-electron chi connectivity index (χ0n) is 18.4. The van der Waals surface area contributed by atoms with E-state index in [1.54, 1.807) is 0 Å². The normalized spacial score (nSPS) is 17.2. The van der Waals surface area contributed by atoms with Gasteiger partial charge in [0.15, 0.2) is 5.65 Å². The summed E-state index contributed by atoms with van der Waals surface area (Å²) in [5.41, 5.74) is 7.04. The molecule has 30 heavy (non-hydrogen) atoms. The number of halogens is 1. The van der Waals surface area contributed by atoms with Crippen molar-refractivity contribution in [3.8, 4) is 5.69 Å². The van der Waals surface area contributed by atoms with E-state index >= 15 is 0 Å². The third-order valence-electron chi connectivity index (χ3n) is 6.31. The average molecular weight is 466 g/mol. The number of benzene rings is 1. The van der Waals surface area contributed by atoms with Gasteiger partial charge in [-0.25, -0.2) is 16.5 Å². The van der Waals surface area contributed by atoms with E-state index in [1.807, 2.05) is 6.92 Å². The first-order valence-electron chi connectivity index (χ1n) is 10.6. The van der Waals surface area contributed by atoms with Crippen LogP contribution in [0, 0.1) is 41.2 Å². The number of aryl methyl sites for hydroxylation is 4. The van der Waals surface area contributed by atoms with Crippen LogP contribution in [0.1, 0.15) is 47.5 Å². The first-order valence-corrected chi connectivity index (χ1v) is 11.4. The van der Waals surface area contributed by atoms with Gasteiger partial charge in [0.25, 0.3) is 0 Å². The summed E-state index contributed by atoms with van der Waals surface area (Å²) in [6.07, 6.45) is 2.91. The molecule has 0 spiro atoms. The Morgan fingerprint density at radius 2 is 1.73 bits per heavy atom. The van der Waals surface area contributed by atoms with Crippen molar-refractivity contribution in [2.24, 2.45) is 0 Å². The number of fused-ring (bicyclic) bond motifs is 1. The molecule has 0 N–H and O–H groups in total. The van der Waals surface area contributed by atoms with Gasteiger partial charge < -0.3 is 9.74 Å². The summed E-state index contributed by atoms with van der Waals surface area (Å²) in [7, 11) is 0. The molecule has 0 radical (unpaired) electrons. The molecule has 156 valence electrons. The topological polar surface area (TPSA) is 38.3 Å². The van der Waals surface area contributed by atoms with Gasteiger partial charge in [-0.05, 0) is 69.9 Å². The fraction of sp³-hybridized carbons (Fsp3) is 0.458. The minimum atomic E-state index is 0.133. The van der Waals surface area contributed by atoms with E-state index in [4.69, 9.17) is 16.5 Å². The third kappa shape index (κ3) is 3.50. The lowest BCUT2D eigenvalue weighted by atomic mass is 10.1. The molecular formula is C24H28BrN5. The maximum atomic E-state index is 7.42. The molecule has 3 heterocycles. The summed E-state index contributed by atoms with van der Waals surface area (Å²) < 4.78 is 3.40. The van der Waals surface area contributed by atoms with Crippen LogP contribution in [0.5, 0.6) is 0 Å². The van der Waals surface area contributed by atoms with Gasteiger partial charge in [-0.3, -0.25) is 4.57 Å². The second-order valence-corrected chi connectivity index (χ2v) is 9.34. The summed E-state index contributed by atoms with van der Waals surface area (Å²) in [4.78, 5) is 16.0. The highest BCUT2D eigenvalue weighted by atomic mass is 79.9.